The largest absolute Gasteiger partial charge is 0.384 e. The van der Waals surface area contributed by atoms with E-state index in [0.717, 1.165) is 23.7 Å². The van der Waals surface area contributed by atoms with E-state index in [4.69, 9.17) is 5.73 Å². The van der Waals surface area contributed by atoms with Gasteiger partial charge in [0.1, 0.15) is 5.82 Å². The Morgan fingerprint density at radius 2 is 2.19 bits per heavy atom. The molecule has 2 aromatic heterocycles. The topological polar surface area (TPSA) is 56.7 Å². The number of hydrogen-bond acceptors (Lipinski definition) is 3. The molecular weight excluding hydrogens is 200 g/mol. The van der Waals surface area contributed by atoms with Crippen molar-refractivity contribution in [3.05, 3.63) is 30.9 Å². The third-order valence-electron chi connectivity index (χ3n) is 2.95. The van der Waals surface area contributed by atoms with E-state index in [9.17, 15) is 0 Å². The Bertz CT molecular complexity index is 482. The number of pyridine rings is 1. The van der Waals surface area contributed by atoms with E-state index in [1.54, 1.807) is 6.20 Å². The van der Waals surface area contributed by atoms with E-state index in [-0.39, 0.29) is 0 Å². The minimum absolute atomic E-state index is 0.553. The highest BCUT2D eigenvalue weighted by Gasteiger charge is 2.22. The van der Waals surface area contributed by atoms with Gasteiger partial charge in [-0.3, -0.25) is 0 Å². The first kappa shape index (κ1) is 9.39. The SMILES string of the molecule is Nc1ccc(-c2cncn2CC2CC2)cn1. The molecule has 0 unspecified atom stereocenters. The zero-order chi connectivity index (χ0) is 11.0. The third kappa shape index (κ3) is 1.78. The monoisotopic (exact) mass is 214 g/mol. The Morgan fingerprint density at radius 3 is 2.88 bits per heavy atom. The van der Waals surface area contributed by atoms with Crippen molar-refractivity contribution in [1.29, 1.82) is 0 Å². The average molecular weight is 214 g/mol. The van der Waals surface area contributed by atoms with Crippen LogP contribution in [0.1, 0.15) is 12.8 Å². The van der Waals surface area contributed by atoms with E-state index >= 15 is 0 Å². The molecule has 3 rings (SSSR count). The van der Waals surface area contributed by atoms with Gasteiger partial charge in [-0.1, -0.05) is 0 Å². The summed E-state index contributed by atoms with van der Waals surface area (Å²) in [6.45, 7) is 1.07. The summed E-state index contributed by atoms with van der Waals surface area (Å²) in [6.07, 6.45) is 8.27. The summed E-state index contributed by atoms with van der Waals surface area (Å²) in [7, 11) is 0. The van der Waals surface area contributed by atoms with E-state index in [0.29, 0.717) is 5.82 Å². The lowest BCUT2D eigenvalue weighted by Crippen LogP contribution is -2.00. The maximum Gasteiger partial charge on any atom is 0.123 e. The summed E-state index contributed by atoms with van der Waals surface area (Å²) in [6, 6.07) is 3.81. The summed E-state index contributed by atoms with van der Waals surface area (Å²) in [5, 5.41) is 0. The molecule has 1 fully saturated rings. The second kappa shape index (κ2) is 3.63. The number of nitrogens with zero attached hydrogens (tertiary/aromatic N) is 3. The first-order chi connectivity index (χ1) is 7.83. The zero-order valence-corrected chi connectivity index (χ0v) is 9.00. The first-order valence-electron chi connectivity index (χ1n) is 5.55. The fourth-order valence-electron chi connectivity index (χ4n) is 1.84. The van der Waals surface area contributed by atoms with Crippen LogP contribution >= 0.6 is 0 Å². The minimum Gasteiger partial charge on any atom is -0.384 e. The lowest BCUT2D eigenvalue weighted by atomic mass is 10.2. The van der Waals surface area contributed by atoms with Crippen molar-refractivity contribution in [3.8, 4) is 11.3 Å². The quantitative estimate of drug-likeness (QED) is 0.849. The maximum absolute atomic E-state index is 5.58. The van der Waals surface area contributed by atoms with E-state index in [2.05, 4.69) is 14.5 Å². The summed E-state index contributed by atoms with van der Waals surface area (Å²) >= 11 is 0. The highest BCUT2D eigenvalue weighted by molar-refractivity contribution is 5.59. The maximum atomic E-state index is 5.58. The molecule has 1 aliphatic rings. The standard InChI is InChI=1S/C12H14N4/c13-12-4-3-10(5-15-12)11-6-14-8-16(11)7-9-1-2-9/h3-6,8-9H,1-2,7H2,(H2,13,15). The van der Waals surface area contributed by atoms with E-state index in [1.165, 1.54) is 12.8 Å². The molecule has 1 saturated carbocycles. The Kier molecular flexibility index (Phi) is 2.13. The molecule has 0 spiro atoms. The van der Waals surface area contributed by atoms with Crippen LogP contribution in [0.15, 0.2) is 30.9 Å². The van der Waals surface area contributed by atoms with Crippen molar-refractivity contribution in [2.24, 2.45) is 5.92 Å². The molecule has 1 aliphatic carbocycles. The van der Waals surface area contributed by atoms with Gasteiger partial charge in [0.05, 0.1) is 18.2 Å². The Balaban J connectivity index is 1.92. The van der Waals surface area contributed by atoms with Gasteiger partial charge in [0.2, 0.25) is 0 Å². The van der Waals surface area contributed by atoms with Crippen molar-refractivity contribution in [1.82, 2.24) is 14.5 Å². The van der Waals surface area contributed by atoms with Crippen LogP contribution in [0.4, 0.5) is 5.82 Å². The molecule has 0 aliphatic heterocycles. The van der Waals surface area contributed by atoms with Gasteiger partial charge in [-0.2, -0.15) is 0 Å². The van der Waals surface area contributed by atoms with Gasteiger partial charge >= 0.3 is 0 Å². The van der Waals surface area contributed by atoms with Crippen LogP contribution in [0.25, 0.3) is 11.3 Å². The van der Waals surface area contributed by atoms with Crippen molar-refractivity contribution in [3.63, 3.8) is 0 Å². The molecular formula is C12H14N4. The average Bonchev–Trinajstić information content (AvgIpc) is 2.97. The molecule has 82 valence electrons. The van der Waals surface area contributed by atoms with E-state index < -0.39 is 0 Å². The Hall–Kier alpha value is -1.84. The summed E-state index contributed by atoms with van der Waals surface area (Å²) in [5.74, 6) is 1.40. The Morgan fingerprint density at radius 1 is 1.31 bits per heavy atom. The molecule has 0 amide bonds. The van der Waals surface area contributed by atoms with Crippen LogP contribution in [-0.2, 0) is 6.54 Å². The van der Waals surface area contributed by atoms with Crippen LogP contribution in [0, 0.1) is 5.92 Å². The molecule has 0 bridgehead atoms. The van der Waals surface area contributed by atoms with Crippen LogP contribution in [0.2, 0.25) is 0 Å². The van der Waals surface area contributed by atoms with Crippen LogP contribution in [0.5, 0.6) is 0 Å². The molecule has 0 aromatic carbocycles. The van der Waals surface area contributed by atoms with Gasteiger partial charge in [0.15, 0.2) is 0 Å². The molecule has 16 heavy (non-hydrogen) atoms. The van der Waals surface area contributed by atoms with Crippen molar-refractivity contribution in [2.75, 3.05) is 5.73 Å². The number of nitrogen functional groups attached to an aromatic ring is 1. The third-order valence-corrected chi connectivity index (χ3v) is 2.95. The molecule has 4 nitrogen and oxygen atoms in total. The summed E-state index contributed by atoms with van der Waals surface area (Å²) in [5.41, 5.74) is 7.78. The molecule has 0 atom stereocenters. The van der Waals surface area contributed by atoms with Crippen LogP contribution in [-0.4, -0.2) is 14.5 Å². The second-order valence-corrected chi connectivity index (χ2v) is 4.35. The van der Waals surface area contributed by atoms with Crippen LogP contribution in [0.3, 0.4) is 0 Å². The molecule has 2 heterocycles. The predicted molar refractivity (Wildman–Crippen MR) is 62.6 cm³/mol. The normalized spacial score (nSPS) is 15.2. The molecule has 4 heteroatoms. The first-order valence-corrected chi connectivity index (χ1v) is 5.55. The zero-order valence-electron chi connectivity index (χ0n) is 9.00. The lowest BCUT2D eigenvalue weighted by Gasteiger charge is -2.06. The molecule has 0 saturated heterocycles. The highest BCUT2D eigenvalue weighted by atomic mass is 15.1. The molecule has 2 N–H and O–H groups in total. The number of nitrogens with two attached hydrogens (primary N) is 1. The fraction of sp³-hybridized carbons (Fsp3) is 0.333. The van der Waals surface area contributed by atoms with Crippen molar-refractivity contribution in [2.45, 2.75) is 19.4 Å². The smallest absolute Gasteiger partial charge is 0.123 e. The minimum atomic E-state index is 0.553. The van der Waals surface area contributed by atoms with Gasteiger partial charge < -0.3 is 10.3 Å². The number of imidazole rings is 1. The highest BCUT2D eigenvalue weighted by Crippen LogP contribution is 2.32. The van der Waals surface area contributed by atoms with Crippen molar-refractivity contribution >= 4 is 5.82 Å². The van der Waals surface area contributed by atoms with E-state index in [1.807, 2.05) is 24.7 Å². The number of anilines is 1. The number of aromatic nitrogens is 3. The van der Waals surface area contributed by atoms with Gasteiger partial charge in [0, 0.05) is 18.3 Å². The summed E-state index contributed by atoms with van der Waals surface area (Å²) < 4.78 is 2.20. The van der Waals surface area contributed by atoms with Gasteiger partial charge in [-0.25, -0.2) is 9.97 Å². The van der Waals surface area contributed by atoms with Gasteiger partial charge in [-0.05, 0) is 30.9 Å². The lowest BCUT2D eigenvalue weighted by molar-refractivity contribution is 0.631. The predicted octanol–water partition coefficient (Wildman–Crippen LogP) is 1.94. The van der Waals surface area contributed by atoms with Crippen LogP contribution < -0.4 is 5.73 Å². The fourth-order valence-corrected chi connectivity index (χ4v) is 1.84. The van der Waals surface area contributed by atoms with Gasteiger partial charge in [-0.15, -0.1) is 0 Å². The second-order valence-electron chi connectivity index (χ2n) is 4.35. The Labute approximate surface area is 94.1 Å². The number of hydrogen-bond donors (Lipinski definition) is 1. The van der Waals surface area contributed by atoms with Gasteiger partial charge in [0.25, 0.3) is 0 Å². The molecule has 0 radical (unpaired) electrons. The molecule has 2 aromatic rings. The summed E-state index contributed by atoms with van der Waals surface area (Å²) in [4.78, 5) is 8.31. The van der Waals surface area contributed by atoms with Crippen molar-refractivity contribution < 1.29 is 0 Å². The number of rotatable bonds is 3.